The highest BCUT2D eigenvalue weighted by molar-refractivity contribution is 5.16. The van der Waals surface area contributed by atoms with E-state index in [9.17, 15) is 4.39 Å². The molecular weight excluding hydrogens is 237 g/mol. The number of hydrogen-bond acceptors (Lipinski definition) is 1. The lowest BCUT2D eigenvalue weighted by atomic mass is 9.83. The first kappa shape index (κ1) is 14.5. The average Bonchev–Trinajstić information content (AvgIpc) is 3.23. The van der Waals surface area contributed by atoms with Gasteiger partial charge in [-0.2, -0.15) is 0 Å². The molecule has 1 atom stereocenters. The van der Waals surface area contributed by atoms with Crippen molar-refractivity contribution in [2.45, 2.75) is 52.0 Å². The third-order valence-electron chi connectivity index (χ3n) is 4.37. The molecule has 1 fully saturated rings. The fraction of sp³-hybridized carbons (Fsp3) is 0.647. The van der Waals surface area contributed by atoms with Gasteiger partial charge >= 0.3 is 0 Å². The van der Waals surface area contributed by atoms with Crippen LogP contribution in [0.25, 0.3) is 0 Å². The Morgan fingerprint density at radius 2 is 1.74 bits per heavy atom. The third kappa shape index (κ3) is 4.61. The number of rotatable bonds is 8. The van der Waals surface area contributed by atoms with Crippen molar-refractivity contribution in [2.24, 2.45) is 11.8 Å². The zero-order valence-electron chi connectivity index (χ0n) is 12.2. The predicted octanol–water partition coefficient (Wildman–Crippen LogP) is 4.17. The molecule has 0 amide bonds. The van der Waals surface area contributed by atoms with E-state index in [4.69, 9.17) is 0 Å². The summed E-state index contributed by atoms with van der Waals surface area (Å²) in [4.78, 5) is 0. The lowest BCUT2D eigenvalue weighted by molar-refractivity contribution is 0.297. The van der Waals surface area contributed by atoms with Crippen LogP contribution in [0.3, 0.4) is 0 Å². The second-order valence-corrected chi connectivity index (χ2v) is 5.85. The Bertz CT molecular complexity index is 365. The Morgan fingerprint density at radius 3 is 2.26 bits per heavy atom. The zero-order valence-corrected chi connectivity index (χ0v) is 12.2. The minimum Gasteiger partial charge on any atom is -0.314 e. The highest BCUT2D eigenvalue weighted by Crippen LogP contribution is 2.25. The van der Waals surface area contributed by atoms with Crippen LogP contribution in [0, 0.1) is 17.7 Å². The lowest BCUT2D eigenvalue weighted by Crippen LogP contribution is -2.30. The summed E-state index contributed by atoms with van der Waals surface area (Å²) in [5.41, 5.74) is 1.26. The molecule has 2 heteroatoms. The molecule has 0 saturated heterocycles. The van der Waals surface area contributed by atoms with E-state index in [1.807, 2.05) is 12.1 Å². The Hall–Kier alpha value is -0.890. The Morgan fingerprint density at radius 1 is 1.11 bits per heavy atom. The maximum Gasteiger partial charge on any atom is 0.123 e. The van der Waals surface area contributed by atoms with Gasteiger partial charge < -0.3 is 5.32 Å². The van der Waals surface area contributed by atoms with E-state index in [1.165, 1.54) is 31.2 Å². The number of hydrogen-bond donors (Lipinski definition) is 1. The van der Waals surface area contributed by atoms with Crippen LogP contribution in [-0.2, 0) is 6.42 Å². The summed E-state index contributed by atoms with van der Waals surface area (Å²) in [5.74, 6) is 1.29. The zero-order chi connectivity index (χ0) is 13.7. The Labute approximate surface area is 116 Å². The van der Waals surface area contributed by atoms with Gasteiger partial charge in [-0.3, -0.25) is 0 Å². The van der Waals surface area contributed by atoms with Crippen LogP contribution in [0.15, 0.2) is 24.3 Å². The van der Waals surface area contributed by atoms with Crippen molar-refractivity contribution in [2.75, 3.05) is 6.54 Å². The molecular formula is C17H26FN. The quantitative estimate of drug-likeness (QED) is 0.742. The summed E-state index contributed by atoms with van der Waals surface area (Å²) < 4.78 is 13.0. The van der Waals surface area contributed by atoms with E-state index in [1.54, 1.807) is 12.1 Å². The number of benzene rings is 1. The molecule has 106 valence electrons. The van der Waals surface area contributed by atoms with Gasteiger partial charge in [-0.15, -0.1) is 0 Å². The molecule has 2 rings (SSSR count). The van der Waals surface area contributed by atoms with Crippen molar-refractivity contribution in [3.8, 4) is 0 Å². The van der Waals surface area contributed by atoms with Gasteiger partial charge in [0.15, 0.2) is 0 Å². The minimum absolute atomic E-state index is 0.140. The normalized spacial score (nSPS) is 16.8. The molecule has 0 aromatic heterocycles. The van der Waals surface area contributed by atoms with E-state index in [-0.39, 0.29) is 5.82 Å². The second kappa shape index (κ2) is 7.04. The van der Waals surface area contributed by atoms with Gasteiger partial charge in [-0.1, -0.05) is 38.8 Å². The smallest absolute Gasteiger partial charge is 0.123 e. The van der Waals surface area contributed by atoms with Crippen LogP contribution in [0.1, 0.15) is 45.1 Å². The van der Waals surface area contributed by atoms with Gasteiger partial charge in [-0.25, -0.2) is 4.39 Å². The first-order valence-electron chi connectivity index (χ1n) is 7.70. The van der Waals surface area contributed by atoms with Crippen molar-refractivity contribution < 1.29 is 4.39 Å². The predicted molar refractivity (Wildman–Crippen MR) is 78.7 cm³/mol. The van der Waals surface area contributed by atoms with E-state index in [0.717, 1.165) is 24.9 Å². The molecule has 1 nitrogen and oxygen atoms in total. The maximum atomic E-state index is 13.0. The summed E-state index contributed by atoms with van der Waals surface area (Å²) in [6.45, 7) is 5.67. The highest BCUT2D eigenvalue weighted by atomic mass is 19.1. The van der Waals surface area contributed by atoms with Gasteiger partial charge in [0.05, 0.1) is 0 Å². The standard InChI is InChI=1S/C17H26FN/c1-3-14(4-2)15(12-19-17-9-10-17)11-13-5-7-16(18)8-6-13/h5-8,14-15,17,19H,3-4,9-12H2,1-2H3. The van der Waals surface area contributed by atoms with Crippen LogP contribution in [0.5, 0.6) is 0 Å². The van der Waals surface area contributed by atoms with Gasteiger partial charge in [0.25, 0.3) is 0 Å². The molecule has 1 unspecified atom stereocenters. The molecule has 1 saturated carbocycles. The molecule has 0 radical (unpaired) electrons. The van der Waals surface area contributed by atoms with Gasteiger partial charge in [0, 0.05) is 6.04 Å². The van der Waals surface area contributed by atoms with Crippen molar-refractivity contribution in [3.05, 3.63) is 35.6 Å². The monoisotopic (exact) mass is 263 g/mol. The summed E-state index contributed by atoms with van der Waals surface area (Å²) in [6, 6.07) is 7.79. The molecule has 0 spiro atoms. The fourth-order valence-electron chi connectivity index (χ4n) is 2.89. The number of nitrogens with one attached hydrogen (secondary N) is 1. The summed E-state index contributed by atoms with van der Waals surface area (Å²) in [5, 5.41) is 3.66. The molecule has 1 N–H and O–H groups in total. The van der Waals surface area contributed by atoms with Gasteiger partial charge in [-0.05, 0) is 55.3 Å². The van der Waals surface area contributed by atoms with Crippen LogP contribution in [0.4, 0.5) is 4.39 Å². The van der Waals surface area contributed by atoms with E-state index in [2.05, 4.69) is 19.2 Å². The topological polar surface area (TPSA) is 12.0 Å². The van der Waals surface area contributed by atoms with Gasteiger partial charge in [0.1, 0.15) is 5.82 Å². The van der Waals surface area contributed by atoms with Crippen LogP contribution in [0.2, 0.25) is 0 Å². The summed E-state index contributed by atoms with van der Waals surface area (Å²) in [6.07, 6.45) is 6.20. The van der Waals surface area contributed by atoms with Crippen LogP contribution >= 0.6 is 0 Å². The van der Waals surface area contributed by atoms with Gasteiger partial charge in [0.2, 0.25) is 0 Å². The molecule has 1 aliphatic rings. The molecule has 0 bridgehead atoms. The minimum atomic E-state index is -0.140. The molecule has 0 heterocycles. The first-order valence-corrected chi connectivity index (χ1v) is 7.70. The molecule has 1 aromatic carbocycles. The van der Waals surface area contributed by atoms with Crippen molar-refractivity contribution in [1.82, 2.24) is 5.32 Å². The maximum absolute atomic E-state index is 13.0. The van der Waals surface area contributed by atoms with E-state index in [0.29, 0.717) is 5.92 Å². The third-order valence-corrected chi connectivity index (χ3v) is 4.37. The fourth-order valence-corrected chi connectivity index (χ4v) is 2.89. The summed E-state index contributed by atoms with van der Waals surface area (Å²) in [7, 11) is 0. The van der Waals surface area contributed by atoms with E-state index < -0.39 is 0 Å². The highest BCUT2D eigenvalue weighted by Gasteiger charge is 2.24. The van der Waals surface area contributed by atoms with Crippen molar-refractivity contribution in [1.29, 1.82) is 0 Å². The largest absolute Gasteiger partial charge is 0.314 e. The number of halogens is 1. The second-order valence-electron chi connectivity index (χ2n) is 5.85. The summed E-state index contributed by atoms with van der Waals surface area (Å²) >= 11 is 0. The van der Waals surface area contributed by atoms with Crippen LogP contribution < -0.4 is 5.32 Å². The molecule has 1 aromatic rings. The molecule has 1 aliphatic carbocycles. The van der Waals surface area contributed by atoms with Crippen molar-refractivity contribution in [3.63, 3.8) is 0 Å². The average molecular weight is 263 g/mol. The SMILES string of the molecule is CCC(CC)C(CNC1CC1)Cc1ccc(F)cc1. The Balaban J connectivity index is 1.96. The Kier molecular flexibility index (Phi) is 5.38. The van der Waals surface area contributed by atoms with Crippen molar-refractivity contribution >= 4 is 0 Å². The lowest BCUT2D eigenvalue weighted by Gasteiger charge is -2.26. The first-order chi connectivity index (χ1) is 9.22. The van der Waals surface area contributed by atoms with E-state index >= 15 is 0 Å². The molecule has 0 aliphatic heterocycles. The molecule has 19 heavy (non-hydrogen) atoms. The van der Waals surface area contributed by atoms with Crippen LogP contribution in [-0.4, -0.2) is 12.6 Å².